The van der Waals surface area contributed by atoms with Crippen LogP contribution in [0.15, 0.2) is 54.7 Å². The average molecular weight is 428 g/mol. The predicted molar refractivity (Wildman–Crippen MR) is 134 cm³/mol. The lowest BCUT2D eigenvalue weighted by molar-refractivity contribution is 0.454. The Morgan fingerprint density at radius 1 is 0.969 bits per heavy atom. The van der Waals surface area contributed by atoms with Crippen LogP contribution in [0.2, 0.25) is 0 Å². The van der Waals surface area contributed by atoms with E-state index < -0.39 is 0 Å². The van der Waals surface area contributed by atoms with Crippen LogP contribution in [0.3, 0.4) is 0 Å². The third-order valence-corrected chi connectivity index (χ3v) is 6.82. The molecule has 3 aromatic rings. The summed E-state index contributed by atoms with van der Waals surface area (Å²) in [6.45, 7) is 12.9. The molecule has 1 N–H and O–H groups in total. The van der Waals surface area contributed by atoms with Crippen molar-refractivity contribution in [2.75, 3.05) is 41.3 Å². The second-order valence-electron chi connectivity index (χ2n) is 9.92. The van der Waals surface area contributed by atoms with Crippen LogP contribution in [0.5, 0.6) is 0 Å². The first kappa shape index (κ1) is 20.8. The number of hydrogen-bond acceptors (Lipinski definition) is 5. The maximum Gasteiger partial charge on any atom is 0.225 e. The van der Waals surface area contributed by atoms with Crippen LogP contribution < -0.4 is 15.1 Å². The van der Waals surface area contributed by atoms with E-state index in [9.17, 15) is 0 Å². The molecule has 5 heteroatoms. The molecule has 0 aliphatic carbocycles. The zero-order valence-electron chi connectivity index (χ0n) is 19.6. The minimum atomic E-state index is 0.129. The van der Waals surface area contributed by atoms with Gasteiger partial charge in [0.25, 0.3) is 0 Å². The summed E-state index contributed by atoms with van der Waals surface area (Å²) in [5.41, 5.74) is 7.55. The maximum atomic E-state index is 5.00. The predicted octanol–water partition coefficient (Wildman–Crippen LogP) is 5.48. The Kier molecular flexibility index (Phi) is 5.28. The van der Waals surface area contributed by atoms with Crippen LogP contribution in [-0.2, 0) is 0 Å². The second kappa shape index (κ2) is 8.12. The summed E-state index contributed by atoms with van der Waals surface area (Å²) in [4.78, 5) is 14.4. The van der Waals surface area contributed by atoms with Crippen molar-refractivity contribution in [3.8, 4) is 11.3 Å². The largest absolute Gasteiger partial charge is 0.380 e. The standard InChI is InChI=1S/C27H33N5/c1-19-16-25-23(20(2)18-27(3,4)30-25)17-22(19)24-10-11-28-26(29-24)32-14-12-31(13-15-32)21-8-6-5-7-9-21/h5-11,16-17,20,30H,12-15,18H2,1-4H3. The molecule has 166 valence electrons. The molecule has 5 rings (SSSR count). The highest BCUT2D eigenvalue weighted by atomic mass is 15.3. The number of nitrogens with one attached hydrogen (secondary N) is 1. The van der Waals surface area contributed by atoms with Crippen molar-refractivity contribution in [1.82, 2.24) is 9.97 Å². The summed E-state index contributed by atoms with van der Waals surface area (Å²) >= 11 is 0. The molecule has 1 fully saturated rings. The molecule has 2 aromatic carbocycles. The minimum Gasteiger partial charge on any atom is -0.380 e. The molecule has 1 saturated heterocycles. The summed E-state index contributed by atoms with van der Waals surface area (Å²) in [6.07, 6.45) is 3.04. The molecule has 0 bridgehead atoms. The van der Waals surface area contributed by atoms with E-state index in [4.69, 9.17) is 4.98 Å². The van der Waals surface area contributed by atoms with Crippen LogP contribution in [0.1, 0.15) is 44.2 Å². The van der Waals surface area contributed by atoms with E-state index in [1.165, 1.54) is 28.1 Å². The van der Waals surface area contributed by atoms with Gasteiger partial charge in [-0.05, 0) is 74.6 Å². The lowest BCUT2D eigenvalue weighted by Gasteiger charge is -2.38. The van der Waals surface area contributed by atoms with E-state index in [2.05, 4.69) is 90.3 Å². The summed E-state index contributed by atoms with van der Waals surface area (Å²) in [5.74, 6) is 1.35. The molecule has 1 aromatic heterocycles. The van der Waals surface area contributed by atoms with Crippen molar-refractivity contribution >= 4 is 17.3 Å². The Bertz CT molecular complexity index is 1100. The summed E-state index contributed by atoms with van der Waals surface area (Å²) in [7, 11) is 0. The summed E-state index contributed by atoms with van der Waals surface area (Å²) < 4.78 is 0. The topological polar surface area (TPSA) is 44.3 Å². The molecule has 2 aliphatic rings. The van der Waals surface area contributed by atoms with E-state index in [0.29, 0.717) is 5.92 Å². The molecule has 1 atom stereocenters. The van der Waals surface area contributed by atoms with Crippen LogP contribution >= 0.6 is 0 Å². The molecule has 0 amide bonds. The number of rotatable bonds is 3. The van der Waals surface area contributed by atoms with E-state index in [1.54, 1.807) is 0 Å². The van der Waals surface area contributed by atoms with E-state index in [1.807, 2.05) is 12.3 Å². The summed E-state index contributed by atoms with van der Waals surface area (Å²) in [5, 5.41) is 3.72. The molecule has 5 nitrogen and oxygen atoms in total. The van der Waals surface area contributed by atoms with Crippen molar-refractivity contribution in [1.29, 1.82) is 0 Å². The Morgan fingerprint density at radius 2 is 1.69 bits per heavy atom. The lowest BCUT2D eigenvalue weighted by atomic mass is 9.80. The maximum absolute atomic E-state index is 5.00. The van der Waals surface area contributed by atoms with Crippen molar-refractivity contribution in [3.05, 3.63) is 65.9 Å². The molecule has 3 heterocycles. The van der Waals surface area contributed by atoms with Crippen LogP contribution in [0.25, 0.3) is 11.3 Å². The first-order valence-corrected chi connectivity index (χ1v) is 11.7. The number of para-hydroxylation sites is 1. The zero-order valence-corrected chi connectivity index (χ0v) is 19.6. The fraction of sp³-hybridized carbons (Fsp3) is 0.407. The third-order valence-electron chi connectivity index (χ3n) is 6.82. The van der Waals surface area contributed by atoms with E-state index in [-0.39, 0.29) is 5.54 Å². The highest BCUT2D eigenvalue weighted by Crippen LogP contribution is 2.41. The third kappa shape index (κ3) is 4.04. The molecule has 0 radical (unpaired) electrons. The average Bonchev–Trinajstić information content (AvgIpc) is 2.79. The van der Waals surface area contributed by atoms with Crippen LogP contribution in [0.4, 0.5) is 17.3 Å². The first-order valence-electron chi connectivity index (χ1n) is 11.7. The number of hydrogen-bond donors (Lipinski definition) is 1. The number of aryl methyl sites for hydroxylation is 1. The molecule has 32 heavy (non-hydrogen) atoms. The van der Waals surface area contributed by atoms with Gasteiger partial charge in [-0.15, -0.1) is 0 Å². The van der Waals surface area contributed by atoms with Crippen molar-refractivity contribution in [3.63, 3.8) is 0 Å². The van der Waals surface area contributed by atoms with Gasteiger partial charge in [0.2, 0.25) is 5.95 Å². The smallest absolute Gasteiger partial charge is 0.225 e. The zero-order chi connectivity index (χ0) is 22.3. The number of benzene rings is 2. The highest BCUT2D eigenvalue weighted by Gasteiger charge is 2.30. The van der Waals surface area contributed by atoms with Crippen molar-refractivity contribution in [2.45, 2.75) is 45.6 Å². The minimum absolute atomic E-state index is 0.129. The fourth-order valence-corrected chi connectivity index (χ4v) is 5.26. The van der Waals surface area contributed by atoms with Gasteiger partial charge in [-0.3, -0.25) is 0 Å². The SMILES string of the molecule is Cc1cc2c(cc1-c1ccnc(N3CCN(c4ccccc4)CC3)n1)C(C)CC(C)(C)N2. The highest BCUT2D eigenvalue weighted by molar-refractivity contribution is 5.72. The molecule has 1 unspecified atom stereocenters. The monoisotopic (exact) mass is 427 g/mol. The van der Waals surface area contributed by atoms with Crippen LogP contribution in [-0.4, -0.2) is 41.7 Å². The Balaban J connectivity index is 1.38. The number of piperazine rings is 1. The summed E-state index contributed by atoms with van der Waals surface area (Å²) in [6, 6.07) is 17.3. The number of anilines is 3. The van der Waals surface area contributed by atoms with Gasteiger partial charge >= 0.3 is 0 Å². The van der Waals surface area contributed by atoms with Crippen LogP contribution in [0, 0.1) is 6.92 Å². The molecule has 2 aliphatic heterocycles. The van der Waals surface area contributed by atoms with Gasteiger partial charge < -0.3 is 15.1 Å². The van der Waals surface area contributed by atoms with Gasteiger partial charge in [0.05, 0.1) is 5.69 Å². The number of aromatic nitrogens is 2. The molecular formula is C27H33N5. The molecule has 0 saturated carbocycles. The first-order chi connectivity index (χ1) is 15.4. The number of nitrogens with zero attached hydrogens (tertiary/aromatic N) is 4. The van der Waals surface area contributed by atoms with Gasteiger partial charge in [-0.25, -0.2) is 9.97 Å². The molecule has 0 spiro atoms. The normalized spacial score (nSPS) is 19.9. The fourth-order valence-electron chi connectivity index (χ4n) is 5.26. The van der Waals surface area contributed by atoms with E-state index >= 15 is 0 Å². The quantitative estimate of drug-likeness (QED) is 0.600. The van der Waals surface area contributed by atoms with Gasteiger partial charge in [0.1, 0.15) is 0 Å². The van der Waals surface area contributed by atoms with E-state index in [0.717, 1.165) is 44.2 Å². The lowest BCUT2D eigenvalue weighted by Crippen LogP contribution is -2.47. The van der Waals surface area contributed by atoms with Gasteiger partial charge in [0, 0.05) is 54.9 Å². The Labute approximate surface area is 191 Å². The van der Waals surface area contributed by atoms with Crippen molar-refractivity contribution < 1.29 is 0 Å². The number of fused-ring (bicyclic) bond motifs is 1. The van der Waals surface area contributed by atoms with Gasteiger partial charge in [0.15, 0.2) is 0 Å². The van der Waals surface area contributed by atoms with Gasteiger partial charge in [-0.2, -0.15) is 0 Å². The molecular weight excluding hydrogens is 394 g/mol. The Morgan fingerprint density at radius 3 is 2.44 bits per heavy atom. The van der Waals surface area contributed by atoms with Gasteiger partial charge in [-0.1, -0.05) is 25.1 Å². The Hall–Kier alpha value is -3.08. The van der Waals surface area contributed by atoms with Crippen molar-refractivity contribution in [2.24, 2.45) is 0 Å². The second-order valence-corrected chi connectivity index (χ2v) is 9.92.